The molecule has 2 aromatic rings. The summed E-state index contributed by atoms with van der Waals surface area (Å²) in [6.45, 7) is 0.446. The van der Waals surface area contributed by atoms with Crippen molar-refractivity contribution in [3.63, 3.8) is 0 Å². The Hall–Kier alpha value is -2.21. The molecule has 0 radical (unpaired) electrons. The van der Waals surface area contributed by atoms with Crippen molar-refractivity contribution >= 4 is 22.3 Å². The third kappa shape index (κ3) is 2.34. The van der Waals surface area contributed by atoms with Crippen LogP contribution in [0, 0.1) is 0 Å². The third-order valence-corrected chi connectivity index (χ3v) is 2.85. The fourth-order valence-corrected chi connectivity index (χ4v) is 1.98. The van der Waals surface area contributed by atoms with Gasteiger partial charge in [0.1, 0.15) is 5.82 Å². The van der Waals surface area contributed by atoms with Crippen LogP contribution >= 0.6 is 0 Å². The maximum Gasteiger partial charge on any atom is 0.184 e. The number of pyridine rings is 1. The number of hydrogen-bond donors (Lipinski definition) is 3. The zero-order valence-corrected chi connectivity index (χ0v) is 10.9. The SMILES string of the molecule is COc1cc2c(NCCO)nccc2c(N)c1OC. The Bertz CT molecular complexity index is 587. The van der Waals surface area contributed by atoms with Crippen molar-refractivity contribution in [2.45, 2.75) is 0 Å². The summed E-state index contributed by atoms with van der Waals surface area (Å²) in [5.74, 6) is 1.71. The average molecular weight is 263 g/mol. The topological polar surface area (TPSA) is 89.6 Å². The molecule has 0 atom stereocenters. The molecule has 0 aliphatic carbocycles. The first-order chi connectivity index (χ1) is 9.22. The van der Waals surface area contributed by atoms with Crippen LogP contribution in [-0.4, -0.2) is 37.5 Å². The number of methoxy groups -OCH3 is 2. The van der Waals surface area contributed by atoms with Crippen molar-refractivity contribution in [3.05, 3.63) is 18.3 Å². The molecule has 1 aromatic heterocycles. The Morgan fingerprint density at radius 3 is 2.74 bits per heavy atom. The van der Waals surface area contributed by atoms with E-state index in [4.69, 9.17) is 20.3 Å². The number of ether oxygens (including phenoxy) is 2. The summed E-state index contributed by atoms with van der Waals surface area (Å²) in [7, 11) is 3.10. The first-order valence-electron chi connectivity index (χ1n) is 5.86. The van der Waals surface area contributed by atoms with Gasteiger partial charge < -0.3 is 25.6 Å². The number of anilines is 2. The molecule has 6 heteroatoms. The van der Waals surface area contributed by atoms with Gasteiger partial charge in [-0.15, -0.1) is 0 Å². The maximum absolute atomic E-state index is 8.88. The molecule has 102 valence electrons. The van der Waals surface area contributed by atoms with Gasteiger partial charge in [-0.3, -0.25) is 0 Å². The number of nitrogen functional groups attached to an aromatic ring is 1. The van der Waals surface area contributed by atoms with Crippen molar-refractivity contribution < 1.29 is 14.6 Å². The second-order valence-electron chi connectivity index (χ2n) is 3.93. The molecule has 0 saturated carbocycles. The molecule has 0 spiro atoms. The molecule has 0 fully saturated rings. The van der Waals surface area contributed by atoms with E-state index in [-0.39, 0.29) is 6.61 Å². The lowest BCUT2D eigenvalue weighted by atomic mass is 10.1. The minimum atomic E-state index is 0.0286. The molecular weight excluding hydrogens is 246 g/mol. The van der Waals surface area contributed by atoms with Crippen LogP contribution in [0.3, 0.4) is 0 Å². The average Bonchev–Trinajstić information content (AvgIpc) is 2.44. The van der Waals surface area contributed by atoms with Gasteiger partial charge in [0.2, 0.25) is 0 Å². The van der Waals surface area contributed by atoms with E-state index in [9.17, 15) is 0 Å². The van der Waals surface area contributed by atoms with Crippen LogP contribution < -0.4 is 20.5 Å². The van der Waals surface area contributed by atoms with E-state index < -0.39 is 0 Å². The molecule has 0 amide bonds. The van der Waals surface area contributed by atoms with E-state index in [1.165, 1.54) is 0 Å². The largest absolute Gasteiger partial charge is 0.493 e. The summed E-state index contributed by atoms with van der Waals surface area (Å²) >= 11 is 0. The molecule has 1 heterocycles. The summed E-state index contributed by atoms with van der Waals surface area (Å²) in [6, 6.07) is 3.63. The minimum Gasteiger partial charge on any atom is -0.493 e. The Morgan fingerprint density at radius 2 is 2.11 bits per heavy atom. The highest BCUT2D eigenvalue weighted by molar-refractivity contribution is 6.03. The first-order valence-corrected chi connectivity index (χ1v) is 5.86. The van der Waals surface area contributed by atoms with E-state index in [1.54, 1.807) is 20.4 Å². The van der Waals surface area contributed by atoms with Gasteiger partial charge in [-0.25, -0.2) is 4.98 Å². The second kappa shape index (κ2) is 5.62. The van der Waals surface area contributed by atoms with E-state index >= 15 is 0 Å². The zero-order valence-electron chi connectivity index (χ0n) is 10.9. The highest BCUT2D eigenvalue weighted by Gasteiger charge is 2.14. The smallest absolute Gasteiger partial charge is 0.184 e. The van der Waals surface area contributed by atoms with Crippen molar-refractivity contribution in [1.29, 1.82) is 0 Å². The number of rotatable bonds is 5. The van der Waals surface area contributed by atoms with E-state index in [1.807, 2.05) is 12.1 Å². The van der Waals surface area contributed by atoms with Crippen LogP contribution in [0.5, 0.6) is 11.5 Å². The molecule has 0 unspecified atom stereocenters. The maximum atomic E-state index is 8.88. The molecule has 4 N–H and O–H groups in total. The number of aromatic nitrogens is 1. The molecule has 6 nitrogen and oxygen atoms in total. The Morgan fingerprint density at radius 1 is 1.32 bits per heavy atom. The molecule has 0 aliphatic heterocycles. The monoisotopic (exact) mass is 263 g/mol. The van der Waals surface area contributed by atoms with E-state index in [2.05, 4.69) is 10.3 Å². The summed E-state index contributed by atoms with van der Waals surface area (Å²) < 4.78 is 10.5. The zero-order chi connectivity index (χ0) is 13.8. The molecular formula is C13H17N3O3. The standard InChI is InChI=1S/C13H17N3O3/c1-18-10-7-9-8(11(14)12(10)19-2)3-4-15-13(9)16-5-6-17/h3-4,7,17H,5-6,14H2,1-2H3,(H,15,16). The van der Waals surface area contributed by atoms with Gasteiger partial charge in [-0.1, -0.05) is 0 Å². The molecule has 0 aliphatic rings. The minimum absolute atomic E-state index is 0.0286. The lowest BCUT2D eigenvalue weighted by Gasteiger charge is -2.15. The van der Waals surface area contributed by atoms with Gasteiger partial charge >= 0.3 is 0 Å². The lowest BCUT2D eigenvalue weighted by Crippen LogP contribution is -2.07. The summed E-state index contributed by atoms with van der Waals surface area (Å²) in [6.07, 6.45) is 1.66. The molecule has 0 saturated heterocycles. The number of aliphatic hydroxyl groups is 1. The third-order valence-electron chi connectivity index (χ3n) is 2.85. The number of fused-ring (bicyclic) bond motifs is 1. The predicted molar refractivity (Wildman–Crippen MR) is 74.8 cm³/mol. The van der Waals surface area contributed by atoms with Gasteiger partial charge in [0.05, 0.1) is 26.5 Å². The lowest BCUT2D eigenvalue weighted by molar-refractivity contribution is 0.311. The van der Waals surface area contributed by atoms with Gasteiger partial charge in [-0.05, 0) is 12.1 Å². The number of benzene rings is 1. The van der Waals surface area contributed by atoms with Gasteiger partial charge in [0.25, 0.3) is 0 Å². The highest BCUT2D eigenvalue weighted by atomic mass is 16.5. The fourth-order valence-electron chi connectivity index (χ4n) is 1.98. The molecule has 1 aromatic carbocycles. The molecule has 0 bridgehead atoms. The highest BCUT2D eigenvalue weighted by Crippen LogP contribution is 2.41. The number of aliphatic hydroxyl groups excluding tert-OH is 1. The van der Waals surface area contributed by atoms with Gasteiger partial charge in [-0.2, -0.15) is 0 Å². The van der Waals surface area contributed by atoms with Crippen LogP contribution in [-0.2, 0) is 0 Å². The predicted octanol–water partition coefficient (Wildman–Crippen LogP) is 1.24. The van der Waals surface area contributed by atoms with Crippen LogP contribution in [0.2, 0.25) is 0 Å². The van der Waals surface area contributed by atoms with Gasteiger partial charge in [0.15, 0.2) is 11.5 Å². The van der Waals surface area contributed by atoms with Crippen LogP contribution in [0.4, 0.5) is 11.5 Å². The van der Waals surface area contributed by atoms with Gasteiger partial charge in [0, 0.05) is 23.5 Å². The van der Waals surface area contributed by atoms with Crippen molar-refractivity contribution in [2.24, 2.45) is 0 Å². The van der Waals surface area contributed by atoms with Crippen molar-refractivity contribution in [3.8, 4) is 11.5 Å². The molecule has 19 heavy (non-hydrogen) atoms. The fraction of sp³-hybridized carbons (Fsp3) is 0.308. The van der Waals surface area contributed by atoms with Crippen LogP contribution in [0.25, 0.3) is 10.8 Å². The van der Waals surface area contributed by atoms with Crippen LogP contribution in [0.15, 0.2) is 18.3 Å². The first kappa shape index (κ1) is 13.2. The van der Waals surface area contributed by atoms with Crippen LogP contribution in [0.1, 0.15) is 0 Å². The number of nitrogens with zero attached hydrogens (tertiary/aromatic N) is 1. The summed E-state index contributed by atoms with van der Waals surface area (Å²) in [5, 5.41) is 13.6. The normalized spacial score (nSPS) is 10.5. The number of nitrogens with two attached hydrogens (primary N) is 1. The quantitative estimate of drug-likeness (QED) is 0.703. The second-order valence-corrected chi connectivity index (χ2v) is 3.93. The molecule has 2 rings (SSSR count). The van der Waals surface area contributed by atoms with E-state index in [0.717, 1.165) is 10.8 Å². The Labute approximate surface area is 111 Å². The number of hydrogen-bond acceptors (Lipinski definition) is 6. The van der Waals surface area contributed by atoms with E-state index in [0.29, 0.717) is 29.5 Å². The van der Waals surface area contributed by atoms with Crippen molar-refractivity contribution in [1.82, 2.24) is 4.98 Å². The van der Waals surface area contributed by atoms with Crippen molar-refractivity contribution in [2.75, 3.05) is 38.4 Å². The Kier molecular flexibility index (Phi) is 3.91. The summed E-state index contributed by atoms with van der Waals surface area (Å²) in [4.78, 5) is 4.24. The number of nitrogens with one attached hydrogen (secondary N) is 1. The Balaban J connectivity index is 2.65. The summed E-state index contributed by atoms with van der Waals surface area (Å²) in [5.41, 5.74) is 6.60.